The van der Waals surface area contributed by atoms with Gasteiger partial charge in [0.25, 0.3) is 0 Å². The molecule has 0 bridgehead atoms. The van der Waals surface area contributed by atoms with E-state index in [0.29, 0.717) is 11.8 Å². The van der Waals surface area contributed by atoms with Crippen LogP contribution in [0.5, 0.6) is 0 Å². The summed E-state index contributed by atoms with van der Waals surface area (Å²) in [7, 11) is 0. The van der Waals surface area contributed by atoms with Gasteiger partial charge in [-0.05, 0) is 22.8 Å². The molecule has 1 amide bonds. The van der Waals surface area contributed by atoms with E-state index in [0.717, 1.165) is 44.7 Å². The number of nitrogens with zero attached hydrogens (tertiary/aromatic N) is 4. The van der Waals surface area contributed by atoms with Gasteiger partial charge in [-0.3, -0.25) is 4.79 Å². The van der Waals surface area contributed by atoms with Crippen molar-refractivity contribution in [2.75, 3.05) is 13.1 Å². The zero-order valence-corrected chi connectivity index (χ0v) is 14.8. The van der Waals surface area contributed by atoms with Crippen LogP contribution >= 0.6 is 0 Å². The number of nitrogens with two attached hydrogens (primary N) is 1. The van der Waals surface area contributed by atoms with E-state index in [2.05, 4.69) is 43.2 Å². The number of piperidine rings is 1. The van der Waals surface area contributed by atoms with Gasteiger partial charge in [-0.25, -0.2) is 4.68 Å². The van der Waals surface area contributed by atoms with Crippen molar-refractivity contribution in [2.24, 2.45) is 23.5 Å². The van der Waals surface area contributed by atoms with Gasteiger partial charge in [0.05, 0.1) is 13.1 Å². The maximum atomic E-state index is 11.4. The zero-order chi connectivity index (χ0) is 17.0. The number of hydrogen-bond donors (Lipinski definition) is 2. The third-order valence-corrected chi connectivity index (χ3v) is 4.89. The summed E-state index contributed by atoms with van der Waals surface area (Å²) in [5, 5.41) is 12.4. The van der Waals surface area contributed by atoms with Crippen molar-refractivity contribution < 1.29 is 9.69 Å². The lowest BCUT2D eigenvalue weighted by Gasteiger charge is -2.35. The predicted octanol–water partition coefficient (Wildman–Crippen LogP) is 0.197. The molecule has 1 aromatic heterocycles. The van der Waals surface area contributed by atoms with E-state index in [1.54, 1.807) is 0 Å². The molecule has 0 aromatic carbocycles. The first-order valence-electron chi connectivity index (χ1n) is 8.80. The average molecular weight is 323 g/mol. The van der Waals surface area contributed by atoms with Gasteiger partial charge >= 0.3 is 0 Å². The smallest absolute Gasteiger partial charge is 0.220 e. The van der Waals surface area contributed by atoms with Gasteiger partial charge in [0.2, 0.25) is 11.7 Å². The summed E-state index contributed by atoms with van der Waals surface area (Å²) in [6.45, 7) is 11.6. The van der Waals surface area contributed by atoms with Gasteiger partial charge in [0.1, 0.15) is 0 Å². The van der Waals surface area contributed by atoms with Crippen LogP contribution in [0.1, 0.15) is 58.8 Å². The van der Waals surface area contributed by atoms with E-state index in [-0.39, 0.29) is 17.9 Å². The summed E-state index contributed by atoms with van der Waals surface area (Å²) in [5.74, 6) is 1.92. The minimum absolute atomic E-state index is 0.0310. The molecule has 1 aromatic rings. The number of nitrogens with one attached hydrogen (secondary N) is 1. The molecule has 0 aliphatic carbocycles. The number of hydrogen-bond acceptors (Lipinski definition) is 4. The summed E-state index contributed by atoms with van der Waals surface area (Å²) < 4.78 is 1.97. The summed E-state index contributed by atoms with van der Waals surface area (Å²) in [6, 6.07) is 0.269. The Hall–Kier alpha value is -1.50. The molecule has 1 fully saturated rings. The fourth-order valence-corrected chi connectivity index (χ4v) is 3.51. The SMILES string of the molecule is CC(C)CCn1nnnc1[C@H](C(C)C)[NH+]1CCC(C(N)=O)CC1. The van der Waals surface area contributed by atoms with Crippen LogP contribution < -0.4 is 10.6 Å². The number of carbonyl (C=O) groups excluding carboxylic acids is 1. The van der Waals surface area contributed by atoms with Crippen molar-refractivity contribution in [1.82, 2.24) is 20.2 Å². The average Bonchev–Trinajstić information content (AvgIpc) is 2.93. The van der Waals surface area contributed by atoms with Gasteiger partial charge in [-0.2, -0.15) is 0 Å². The van der Waals surface area contributed by atoms with Gasteiger partial charge in [0.15, 0.2) is 6.04 Å². The molecule has 1 aliphatic rings. The number of amides is 1. The molecule has 7 nitrogen and oxygen atoms in total. The van der Waals surface area contributed by atoms with Crippen LogP contribution in [0.3, 0.4) is 0 Å². The highest BCUT2D eigenvalue weighted by atomic mass is 16.1. The maximum absolute atomic E-state index is 11.4. The summed E-state index contributed by atoms with van der Waals surface area (Å²) in [6.07, 6.45) is 2.80. The maximum Gasteiger partial charge on any atom is 0.220 e. The van der Waals surface area contributed by atoms with Crippen LogP contribution in [0, 0.1) is 17.8 Å². The topological polar surface area (TPSA) is 91.1 Å². The van der Waals surface area contributed by atoms with Gasteiger partial charge in [-0.15, -0.1) is 5.10 Å². The minimum atomic E-state index is -0.160. The summed E-state index contributed by atoms with van der Waals surface area (Å²) in [5.41, 5.74) is 5.45. The van der Waals surface area contributed by atoms with Crippen LogP contribution in [0.25, 0.3) is 0 Å². The number of aryl methyl sites for hydroxylation is 1. The van der Waals surface area contributed by atoms with E-state index < -0.39 is 0 Å². The van der Waals surface area contributed by atoms with Crippen molar-refractivity contribution in [3.8, 4) is 0 Å². The van der Waals surface area contributed by atoms with E-state index >= 15 is 0 Å². The van der Waals surface area contributed by atoms with Crippen LogP contribution in [0.4, 0.5) is 0 Å². The molecule has 0 radical (unpaired) electrons. The van der Waals surface area contributed by atoms with Crippen LogP contribution in [-0.4, -0.2) is 39.2 Å². The second-order valence-electron chi connectivity index (χ2n) is 7.50. The molecule has 7 heteroatoms. The lowest BCUT2D eigenvalue weighted by Crippen LogP contribution is -3.14. The summed E-state index contributed by atoms with van der Waals surface area (Å²) >= 11 is 0. The molecule has 1 atom stereocenters. The van der Waals surface area contributed by atoms with E-state index in [4.69, 9.17) is 5.73 Å². The Morgan fingerprint density at radius 1 is 1.30 bits per heavy atom. The molecule has 1 aliphatic heterocycles. The van der Waals surface area contributed by atoms with E-state index in [1.165, 1.54) is 4.90 Å². The Bertz CT molecular complexity index is 504. The molecule has 0 saturated carbocycles. The molecule has 0 unspecified atom stereocenters. The molecule has 23 heavy (non-hydrogen) atoms. The Balaban J connectivity index is 2.11. The standard InChI is InChI=1S/C16H30N6O/c1-11(2)5-10-22-16(18-19-20-22)14(12(3)4)21-8-6-13(7-9-21)15(17)23/h11-14H,5-10H2,1-4H3,(H2,17,23)/p+1/t14-/m0/s1. The van der Waals surface area contributed by atoms with Crippen LogP contribution in [-0.2, 0) is 11.3 Å². The fourth-order valence-electron chi connectivity index (χ4n) is 3.51. The highest BCUT2D eigenvalue weighted by Gasteiger charge is 2.36. The van der Waals surface area contributed by atoms with Crippen LogP contribution in [0.15, 0.2) is 0 Å². The predicted molar refractivity (Wildman–Crippen MR) is 87.5 cm³/mol. The molecule has 3 N–H and O–H groups in total. The van der Waals surface area contributed by atoms with Crippen molar-refractivity contribution in [3.63, 3.8) is 0 Å². The molecular formula is C16H31N6O+. The minimum Gasteiger partial charge on any atom is -0.369 e. The second kappa shape index (κ2) is 7.86. The molecule has 2 heterocycles. The second-order valence-corrected chi connectivity index (χ2v) is 7.50. The zero-order valence-electron chi connectivity index (χ0n) is 14.8. The number of quaternary nitrogens is 1. The Morgan fingerprint density at radius 2 is 1.96 bits per heavy atom. The Morgan fingerprint density at radius 3 is 2.48 bits per heavy atom. The van der Waals surface area contributed by atoms with Crippen molar-refractivity contribution >= 4 is 5.91 Å². The number of aromatic nitrogens is 4. The third kappa shape index (κ3) is 4.50. The first kappa shape index (κ1) is 17.8. The van der Waals surface area contributed by atoms with Crippen LogP contribution in [0.2, 0.25) is 0 Å². The lowest BCUT2D eigenvalue weighted by atomic mass is 9.92. The largest absolute Gasteiger partial charge is 0.369 e. The quantitative estimate of drug-likeness (QED) is 0.750. The normalized spacial score (nSPS) is 23.4. The summed E-state index contributed by atoms with van der Waals surface area (Å²) in [4.78, 5) is 12.8. The molecule has 130 valence electrons. The first-order chi connectivity index (χ1) is 10.9. The monoisotopic (exact) mass is 323 g/mol. The number of carbonyl (C=O) groups is 1. The third-order valence-electron chi connectivity index (χ3n) is 4.89. The molecule has 1 saturated heterocycles. The van der Waals surface area contributed by atoms with Gasteiger partial charge in [-0.1, -0.05) is 27.7 Å². The number of tetrazole rings is 1. The van der Waals surface area contributed by atoms with Gasteiger partial charge < -0.3 is 10.6 Å². The lowest BCUT2D eigenvalue weighted by molar-refractivity contribution is -0.941. The molecule has 2 rings (SSSR count). The number of likely N-dealkylation sites (tertiary alicyclic amines) is 1. The van der Waals surface area contributed by atoms with E-state index in [1.807, 2.05) is 4.68 Å². The fraction of sp³-hybridized carbons (Fsp3) is 0.875. The highest BCUT2D eigenvalue weighted by Crippen LogP contribution is 2.19. The molecular weight excluding hydrogens is 292 g/mol. The van der Waals surface area contributed by atoms with E-state index in [9.17, 15) is 4.79 Å². The highest BCUT2D eigenvalue weighted by molar-refractivity contribution is 5.76. The Kier molecular flexibility index (Phi) is 6.10. The van der Waals surface area contributed by atoms with Crippen molar-refractivity contribution in [1.29, 1.82) is 0 Å². The van der Waals surface area contributed by atoms with Crippen molar-refractivity contribution in [3.05, 3.63) is 5.82 Å². The van der Waals surface area contributed by atoms with Crippen molar-refractivity contribution in [2.45, 2.75) is 59.5 Å². The first-order valence-corrected chi connectivity index (χ1v) is 8.80. The number of rotatable bonds is 7. The number of primary amides is 1. The van der Waals surface area contributed by atoms with Gasteiger partial charge in [0, 0.05) is 31.2 Å². The Labute approximate surface area is 138 Å². The molecule has 0 spiro atoms.